The third-order valence-corrected chi connectivity index (χ3v) is 1.52. The maximum atomic E-state index is 10.9. The first-order valence-electron chi connectivity index (χ1n) is 4.19. The van der Waals surface area contributed by atoms with Crippen molar-refractivity contribution in [3.05, 3.63) is 0 Å². The average molecular weight is 175 g/mol. The number of nitrogens with one attached hydrogen (secondary N) is 1. The van der Waals surface area contributed by atoms with Crippen LogP contribution in [-0.2, 0) is 4.79 Å². The molecule has 0 aromatic heterocycles. The van der Waals surface area contributed by atoms with Gasteiger partial charge in [0.2, 0.25) is 5.91 Å². The maximum Gasteiger partial charge on any atom is 0.220 e. The van der Waals surface area contributed by atoms with Crippen molar-refractivity contribution in [1.82, 2.24) is 5.32 Å². The number of carbonyl (C=O) groups is 1. The number of aliphatic hydroxyl groups is 2. The topological polar surface area (TPSA) is 69.6 Å². The molecule has 1 atom stereocenters. The van der Waals surface area contributed by atoms with Crippen LogP contribution in [0.5, 0.6) is 0 Å². The molecule has 0 aliphatic carbocycles. The van der Waals surface area contributed by atoms with Gasteiger partial charge in [0.25, 0.3) is 0 Å². The third kappa shape index (κ3) is 6.12. The highest BCUT2D eigenvalue weighted by atomic mass is 16.3. The van der Waals surface area contributed by atoms with Gasteiger partial charge in [0.05, 0.1) is 0 Å². The Balaban J connectivity index is 3.31. The summed E-state index contributed by atoms with van der Waals surface area (Å²) >= 11 is 0. The predicted octanol–water partition coefficient (Wildman–Crippen LogP) is -0.497. The molecule has 0 saturated carbocycles. The van der Waals surface area contributed by atoms with Gasteiger partial charge >= 0.3 is 0 Å². The number of aliphatic hydroxyl groups excluding tert-OH is 2. The van der Waals surface area contributed by atoms with Gasteiger partial charge in [-0.25, -0.2) is 0 Å². The smallest absolute Gasteiger partial charge is 0.220 e. The molecule has 0 heterocycles. The Morgan fingerprint density at radius 1 is 1.50 bits per heavy atom. The highest BCUT2D eigenvalue weighted by Gasteiger charge is 2.03. The van der Waals surface area contributed by atoms with Crippen molar-refractivity contribution in [2.45, 2.75) is 19.8 Å². The lowest BCUT2D eigenvalue weighted by Gasteiger charge is -2.08. The zero-order valence-corrected chi connectivity index (χ0v) is 7.42. The second kappa shape index (κ2) is 7.06. The minimum absolute atomic E-state index is 0.0446. The fraction of sp³-hybridized carbons (Fsp3) is 0.875. The average Bonchev–Trinajstić information content (AvgIpc) is 2.10. The molecule has 4 nitrogen and oxygen atoms in total. The molecule has 0 fully saturated rings. The van der Waals surface area contributed by atoms with Crippen LogP contribution in [0.25, 0.3) is 0 Å². The number of hydrogen-bond donors (Lipinski definition) is 3. The van der Waals surface area contributed by atoms with Crippen LogP contribution in [0.2, 0.25) is 0 Å². The second-order valence-electron chi connectivity index (χ2n) is 2.92. The summed E-state index contributed by atoms with van der Waals surface area (Å²) in [7, 11) is 0. The van der Waals surface area contributed by atoms with Crippen molar-refractivity contribution >= 4 is 5.91 Å². The van der Waals surface area contributed by atoms with Crippen LogP contribution in [0, 0.1) is 5.92 Å². The van der Waals surface area contributed by atoms with Gasteiger partial charge in [-0.1, -0.05) is 6.92 Å². The van der Waals surface area contributed by atoms with E-state index in [1.54, 1.807) is 0 Å². The summed E-state index contributed by atoms with van der Waals surface area (Å²) in [5.41, 5.74) is 0. The van der Waals surface area contributed by atoms with Gasteiger partial charge in [-0.2, -0.15) is 0 Å². The molecule has 0 rings (SSSR count). The first-order valence-corrected chi connectivity index (χ1v) is 4.19. The van der Waals surface area contributed by atoms with E-state index in [0.29, 0.717) is 19.4 Å². The van der Waals surface area contributed by atoms with Gasteiger partial charge < -0.3 is 15.5 Å². The molecular weight excluding hydrogens is 158 g/mol. The van der Waals surface area contributed by atoms with Crippen LogP contribution < -0.4 is 5.32 Å². The van der Waals surface area contributed by atoms with Gasteiger partial charge in [-0.3, -0.25) is 4.79 Å². The Bertz CT molecular complexity index is 127. The molecule has 0 aliphatic rings. The fourth-order valence-corrected chi connectivity index (χ4v) is 0.681. The Morgan fingerprint density at radius 2 is 2.17 bits per heavy atom. The normalized spacial score (nSPS) is 12.6. The predicted molar refractivity (Wildman–Crippen MR) is 45.6 cm³/mol. The third-order valence-electron chi connectivity index (χ3n) is 1.52. The molecular formula is C8H17NO3. The molecule has 0 spiro atoms. The summed E-state index contributed by atoms with van der Waals surface area (Å²) < 4.78 is 0. The summed E-state index contributed by atoms with van der Waals surface area (Å²) in [5, 5.41) is 19.7. The summed E-state index contributed by atoms with van der Waals surface area (Å²) in [4.78, 5) is 10.9. The van der Waals surface area contributed by atoms with Crippen LogP contribution in [0.15, 0.2) is 0 Å². The summed E-state index contributed by atoms with van der Waals surface area (Å²) in [6.45, 7) is 2.48. The van der Waals surface area contributed by atoms with Gasteiger partial charge in [0.1, 0.15) is 0 Å². The van der Waals surface area contributed by atoms with E-state index >= 15 is 0 Å². The van der Waals surface area contributed by atoms with Gasteiger partial charge in [0.15, 0.2) is 0 Å². The molecule has 0 aliphatic heterocycles. The largest absolute Gasteiger partial charge is 0.396 e. The van der Waals surface area contributed by atoms with E-state index in [0.717, 1.165) is 0 Å². The van der Waals surface area contributed by atoms with Crippen LogP contribution in [0.3, 0.4) is 0 Å². The molecule has 12 heavy (non-hydrogen) atoms. The monoisotopic (exact) mass is 175 g/mol. The Morgan fingerprint density at radius 3 is 2.67 bits per heavy atom. The molecule has 3 N–H and O–H groups in total. The van der Waals surface area contributed by atoms with Crippen molar-refractivity contribution in [2.24, 2.45) is 5.92 Å². The van der Waals surface area contributed by atoms with Crippen molar-refractivity contribution in [1.29, 1.82) is 0 Å². The van der Waals surface area contributed by atoms with Crippen molar-refractivity contribution in [3.8, 4) is 0 Å². The number of hydrogen-bond acceptors (Lipinski definition) is 3. The molecule has 0 saturated heterocycles. The lowest BCUT2D eigenvalue weighted by atomic mass is 10.2. The van der Waals surface area contributed by atoms with E-state index in [2.05, 4.69) is 5.32 Å². The Kier molecular flexibility index (Phi) is 6.70. The Hall–Kier alpha value is -0.610. The molecule has 1 unspecified atom stereocenters. The van der Waals surface area contributed by atoms with E-state index in [1.165, 1.54) is 0 Å². The standard InChI is InChI=1S/C8H17NO3/c1-7(6-11)5-9-8(12)3-2-4-10/h7,10-11H,2-6H2,1H3,(H,9,12). The summed E-state index contributed by atoms with van der Waals surface area (Å²) in [6.07, 6.45) is 0.855. The van der Waals surface area contributed by atoms with E-state index in [4.69, 9.17) is 10.2 Å². The lowest BCUT2D eigenvalue weighted by molar-refractivity contribution is -0.121. The van der Waals surface area contributed by atoms with E-state index in [1.807, 2.05) is 6.92 Å². The maximum absolute atomic E-state index is 10.9. The van der Waals surface area contributed by atoms with Crippen LogP contribution in [0.1, 0.15) is 19.8 Å². The fourth-order valence-electron chi connectivity index (χ4n) is 0.681. The molecule has 0 radical (unpaired) electrons. The van der Waals surface area contributed by atoms with Crippen molar-refractivity contribution in [2.75, 3.05) is 19.8 Å². The zero-order valence-electron chi connectivity index (χ0n) is 7.42. The molecule has 0 bridgehead atoms. The van der Waals surface area contributed by atoms with E-state index in [9.17, 15) is 4.79 Å². The summed E-state index contributed by atoms with van der Waals surface area (Å²) in [6, 6.07) is 0. The van der Waals surface area contributed by atoms with Crippen LogP contribution in [0.4, 0.5) is 0 Å². The minimum Gasteiger partial charge on any atom is -0.396 e. The van der Waals surface area contributed by atoms with Crippen molar-refractivity contribution in [3.63, 3.8) is 0 Å². The van der Waals surface area contributed by atoms with Crippen LogP contribution in [-0.4, -0.2) is 35.9 Å². The van der Waals surface area contributed by atoms with E-state index in [-0.39, 0.29) is 25.0 Å². The molecule has 72 valence electrons. The number of carbonyl (C=O) groups excluding carboxylic acids is 1. The van der Waals surface area contributed by atoms with Crippen LogP contribution >= 0.6 is 0 Å². The van der Waals surface area contributed by atoms with Gasteiger partial charge in [-0.15, -0.1) is 0 Å². The van der Waals surface area contributed by atoms with Gasteiger partial charge in [-0.05, 0) is 12.3 Å². The first kappa shape index (κ1) is 11.4. The summed E-state index contributed by atoms with van der Waals surface area (Å²) in [5.74, 6) is 0.0347. The van der Waals surface area contributed by atoms with E-state index < -0.39 is 0 Å². The molecule has 0 aromatic carbocycles. The van der Waals surface area contributed by atoms with Crippen molar-refractivity contribution < 1.29 is 15.0 Å². The Labute approximate surface area is 72.6 Å². The minimum atomic E-state index is -0.0654. The first-order chi connectivity index (χ1) is 5.70. The molecule has 4 heteroatoms. The quantitative estimate of drug-likeness (QED) is 0.510. The van der Waals surface area contributed by atoms with Gasteiger partial charge in [0, 0.05) is 26.2 Å². The SMILES string of the molecule is CC(CO)CNC(=O)CCCO. The lowest BCUT2D eigenvalue weighted by Crippen LogP contribution is -2.29. The molecule has 0 aromatic rings. The second-order valence-corrected chi connectivity index (χ2v) is 2.92. The number of rotatable bonds is 6. The highest BCUT2D eigenvalue weighted by molar-refractivity contribution is 5.75. The molecule has 1 amide bonds. The highest BCUT2D eigenvalue weighted by Crippen LogP contribution is 1.91. The zero-order chi connectivity index (χ0) is 9.40. The number of amides is 1.